The monoisotopic (exact) mass is 479 g/mol. The van der Waals surface area contributed by atoms with Gasteiger partial charge in [-0.05, 0) is 67.4 Å². The number of nitrogens with one attached hydrogen (secondary N) is 1. The van der Waals surface area contributed by atoms with Gasteiger partial charge in [-0.25, -0.2) is 8.42 Å². The molecule has 7 nitrogen and oxygen atoms in total. The van der Waals surface area contributed by atoms with Gasteiger partial charge in [0.25, 0.3) is 10.0 Å². The fraction of sp³-hybridized carbons (Fsp3) is 0.269. The molecule has 1 atom stereocenters. The third-order valence-electron chi connectivity index (χ3n) is 6.11. The number of carbonyl (C=O) groups excluding carboxylic acids is 1. The van der Waals surface area contributed by atoms with E-state index in [1.807, 2.05) is 30.3 Å². The van der Waals surface area contributed by atoms with E-state index in [1.165, 1.54) is 23.5 Å². The summed E-state index contributed by atoms with van der Waals surface area (Å²) in [4.78, 5) is 15.1. The zero-order valence-electron chi connectivity index (χ0n) is 19.3. The van der Waals surface area contributed by atoms with Crippen LogP contribution in [-0.2, 0) is 14.8 Å². The minimum absolute atomic E-state index is 0.119. The molecule has 1 fully saturated rings. The van der Waals surface area contributed by atoms with E-state index in [9.17, 15) is 13.2 Å². The molecule has 8 heteroatoms. The van der Waals surface area contributed by atoms with Crippen LogP contribution < -0.4 is 14.4 Å². The number of likely N-dealkylation sites (tertiary alicyclic amines) is 1. The van der Waals surface area contributed by atoms with Crippen molar-refractivity contribution < 1.29 is 17.9 Å². The maximum absolute atomic E-state index is 13.1. The number of rotatable bonds is 8. The molecule has 1 saturated heterocycles. The summed E-state index contributed by atoms with van der Waals surface area (Å²) >= 11 is 0. The molecule has 1 N–H and O–H groups in total. The lowest BCUT2D eigenvalue weighted by atomic mass is 10.0. The third-order valence-corrected chi connectivity index (χ3v) is 7.89. The second-order valence-electron chi connectivity index (χ2n) is 8.29. The van der Waals surface area contributed by atoms with Gasteiger partial charge in [0, 0.05) is 18.8 Å². The normalized spacial score (nSPS) is 16.2. The summed E-state index contributed by atoms with van der Waals surface area (Å²) < 4.78 is 32.7. The van der Waals surface area contributed by atoms with Crippen LogP contribution in [0.4, 0.5) is 11.4 Å². The molecule has 1 heterocycles. The van der Waals surface area contributed by atoms with Crippen molar-refractivity contribution in [3.8, 4) is 5.75 Å². The van der Waals surface area contributed by atoms with Crippen LogP contribution in [0.1, 0.15) is 24.4 Å². The van der Waals surface area contributed by atoms with Crippen molar-refractivity contribution in [2.75, 3.05) is 36.9 Å². The zero-order valence-corrected chi connectivity index (χ0v) is 20.2. The molecule has 0 aromatic heterocycles. The van der Waals surface area contributed by atoms with Gasteiger partial charge in [0.05, 0.1) is 24.2 Å². The predicted molar refractivity (Wildman–Crippen MR) is 134 cm³/mol. The van der Waals surface area contributed by atoms with Crippen LogP contribution in [0.15, 0.2) is 83.8 Å². The molecule has 1 amide bonds. The first-order valence-corrected chi connectivity index (χ1v) is 12.6. The van der Waals surface area contributed by atoms with Crippen molar-refractivity contribution in [2.24, 2.45) is 0 Å². The van der Waals surface area contributed by atoms with Crippen molar-refractivity contribution in [3.63, 3.8) is 0 Å². The van der Waals surface area contributed by atoms with Crippen molar-refractivity contribution in [2.45, 2.75) is 23.8 Å². The molecular weight excluding hydrogens is 450 g/mol. The fourth-order valence-electron chi connectivity index (χ4n) is 4.27. The topological polar surface area (TPSA) is 79.0 Å². The largest absolute Gasteiger partial charge is 0.497 e. The average molecular weight is 480 g/mol. The van der Waals surface area contributed by atoms with E-state index in [2.05, 4.69) is 10.2 Å². The quantitative estimate of drug-likeness (QED) is 0.521. The number of sulfonamides is 1. The number of hydrogen-bond acceptors (Lipinski definition) is 5. The Bertz CT molecular complexity index is 1230. The third kappa shape index (κ3) is 5.24. The van der Waals surface area contributed by atoms with Gasteiger partial charge in [0.2, 0.25) is 5.91 Å². The first-order valence-electron chi connectivity index (χ1n) is 11.2. The number of amides is 1. The van der Waals surface area contributed by atoms with Crippen LogP contribution in [0.5, 0.6) is 5.75 Å². The van der Waals surface area contributed by atoms with E-state index >= 15 is 0 Å². The summed E-state index contributed by atoms with van der Waals surface area (Å²) in [7, 11) is -0.605. The van der Waals surface area contributed by atoms with E-state index in [1.54, 1.807) is 43.5 Å². The Hall–Kier alpha value is -3.36. The fourth-order valence-corrected chi connectivity index (χ4v) is 5.51. The SMILES string of the molecule is COc1ccc(C2CCCN2CC(=O)Nc2cccc(S(=O)(=O)N(C)c3ccccc3)c2)cc1. The molecule has 178 valence electrons. The number of hydrogen-bond donors (Lipinski definition) is 1. The molecule has 1 unspecified atom stereocenters. The molecule has 0 radical (unpaired) electrons. The second-order valence-corrected chi connectivity index (χ2v) is 10.3. The number of carbonyl (C=O) groups is 1. The van der Waals surface area contributed by atoms with Gasteiger partial charge in [0.15, 0.2) is 0 Å². The van der Waals surface area contributed by atoms with Gasteiger partial charge in [-0.15, -0.1) is 0 Å². The van der Waals surface area contributed by atoms with Gasteiger partial charge in [-0.1, -0.05) is 36.4 Å². The van der Waals surface area contributed by atoms with Crippen LogP contribution in [-0.4, -0.2) is 46.5 Å². The molecule has 3 aromatic carbocycles. The van der Waals surface area contributed by atoms with Crippen LogP contribution in [0.25, 0.3) is 0 Å². The van der Waals surface area contributed by atoms with Gasteiger partial charge < -0.3 is 10.1 Å². The van der Waals surface area contributed by atoms with Crippen molar-refractivity contribution in [1.29, 1.82) is 0 Å². The number of benzene rings is 3. The summed E-state index contributed by atoms with van der Waals surface area (Å²) in [5.74, 6) is 0.630. The Kier molecular flexibility index (Phi) is 7.19. The molecular formula is C26H29N3O4S. The maximum atomic E-state index is 13.1. The lowest BCUT2D eigenvalue weighted by Crippen LogP contribution is -2.33. The predicted octanol–water partition coefficient (Wildman–Crippen LogP) is 4.30. The summed E-state index contributed by atoms with van der Waals surface area (Å²) in [5.41, 5.74) is 2.17. The highest BCUT2D eigenvalue weighted by atomic mass is 32.2. The number of anilines is 2. The van der Waals surface area contributed by atoms with E-state index < -0.39 is 10.0 Å². The van der Waals surface area contributed by atoms with Crippen molar-refractivity contribution in [1.82, 2.24) is 4.90 Å². The summed E-state index contributed by atoms with van der Waals surface area (Å²) in [6, 6.07) is 23.4. The lowest BCUT2D eigenvalue weighted by Gasteiger charge is -2.24. The van der Waals surface area contributed by atoms with Crippen molar-refractivity contribution >= 4 is 27.3 Å². The highest BCUT2D eigenvalue weighted by Crippen LogP contribution is 2.32. The molecule has 0 saturated carbocycles. The number of para-hydroxylation sites is 1. The van der Waals surface area contributed by atoms with E-state index in [-0.39, 0.29) is 23.4 Å². The second kappa shape index (κ2) is 10.3. The molecule has 1 aliphatic rings. The number of nitrogens with zero attached hydrogens (tertiary/aromatic N) is 2. The van der Waals surface area contributed by atoms with Crippen LogP contribution in [0.3, 0.4) is 0 Å². The van der Waals surface area contributed by atoms with Crippen molar-refractivity contribution in [3.05, 3.63) is 84.4 Å². The molecule has 0 bridgehead atoms. The maximum Gasteiger partial charge on any atom is 0.264 e. The number of methoxy groups -OCH3 is 1. The average Bonchev–Trinajstić information content (AvgIpc) is 3.32. The van der Waals surface area contributed by atoms with Gasteiger partial charge in [-0.3, -0.25) is 14.0 Å². The zero-order chi connectivity index (χ0) is 24.1. The lowest BCUT2D eigenvalue weighted by molar-refractivity contribution is -0.117. The highest BCUT2D eigenvalue weighted by Gasteiger charge is 2.28. The van der Waals surface area contributed by atoms with Crippen LogP contribution >= 0.6 is 0 Å². The minimum atomic E-state index is -3.76. The smallest absolute Gasteiger partial charge is 0.264 e. The molecule has 0 spiro atoms. The first kappa shape index (κ1) is 23.8. The molecule has 0 aliphatic carbocycles. The Morgan fingerprint density at radius 2 is 1.79 bits per heavy atom. The Morgan fingerprint density at radius 3 is 2.50 bits per heavy atom. The highest BCUT2D eigenvalue weighted by molar-refractivity contribution is 7.92. The Balaban J connectivity index is 1.44. The van der Waals surface area contributed by atoms with Gasteiger partial charge in [0.1, 0.15) is 5.75 Å². The summed E-state index contributed by atoms with van der Waals surface area (Å²) in [6.07, 6.45) is 2.00. The summed E-state index contributed by atoms with van der Waals surface area (Å²) in [6.45, 7) is 1.07. The minimum Gasteiger partial charge on any atom is -0.497 e. The Morgan fingerprint density at radius 1 is 1.06 bits per heavy atom. The molecule has 3 aromatic rings. The molecule has 1 aliphatic heterocycles. The summed E-state index contributed by atoms with van der Waals surface area (Å²) in [5, 5.41) is 2.87. The number of ether oxygens (including phenoxy) is 1. The van der Waals surface area contributed by atoms with E-state index in [4.69, 9.17) is 4.74 Å². The van der Waals surface area contributed by atoms with Crippen LogP contribution in [0.2, 0.25) is 0 Å². The standard InChI is InChI=1S/C26H29N3O4S/c1-28(22-9-4-3-5-10-22)34(31,32)24-11-6-8-21(18-24)27-26(30)19-29-17-7-12-25(29)20-13-15-23(33-2)16-14-20/h3-6,8-11,13-16,18,25H,7,12,17,19H2,1-2H3,(H,27,30). The first-order chi connectivity index (χ1) is 16.4. The molecule has 34 heavy (non-hydrogen) atoms. The van der Waals surface area contributed by atoms with Gasteiger partial charge >= 0.3 is 0 Å². The van der Waals surface area contributed by atoms with E-state index in [0.717, 1.165) is 30.7 Å². The Labute approximate surface area is 201 Å². The molecule has 4 rings (SSSR count). The van der Waals surface area contributed by atoms with Crippen LogP contribution in [0, 0.1) is 0 Å². The van der Waals surface area contributed by atoms with E-state index in [0.29, 0.717) is 11.4 Å². The van der Waals surface area contributed by atoms with Gasteiger partial charge in [-0.2, -0.15) is 0 Å².